The van der Waals surface area contributed by atoms with Crippen LogP contribution in [0.3, 0.4) is 0 Å². The second kappa shape index (κ2) is 4.73. The van der Waals surface area contributed by atoms with Gasteiger partial charge in [0, 0.05) is 0 Å². The maximum Gasteiger partial charge on any atom is 0.110 e. The van der Waals surface area contributed by atoms with Crippen LogP contribution < -0.4 is 5.32 Å². The number of hydrogen-bond acceptors (Lipinski definition) is 3. The normalized spacial score (nSPS) is 18.4. The van der Waals surface area contributed by atoms with E-state index in [1.807, 2.05) is 6.20 Å². The second-order valence-corrected chi connectivity index (χ2v) is 6.35. The van der Waals surface area contributed by atoms with Gasteiger partial charge in [0.25, 0.3) is 0 Å². The van der Waals surface area contributed by atoms with Crippen molar-refractivity contribution in [3.8, 4) is 0 Å². The molecular formula is C10H15BrN2S. The fraction of sp³-hybridized carbons (Fsp3) is 0.700. The third-order valence-corrected chi connectivity index (χ3v) is 4.22. The number of nitrogens with zero attached hydrogens (tertiary/aromatic N) is 1. The van der Waals surface area contributed by atoms with E-state index in [9.17, 15) is 0 Å². The summed E-state index contributed by atoms with van der Waals surface area (Å²) in [5, 5.41) is 4.68. The van der Waals surface area contributed by atoms with Crippen molar-refractivity contribution in [1.82, 2.24) is 10.3 Å². The van der Waals surface area contributed by atoms with Crippen molar-refractivity contribution in [3.05, 3.63) is 15.0 Å². The molecule has 1 aliphatic rings. The highest BCUT2D eigenvalue weighted by Gasteiger charge is 2.20. The predicted octanol–water partition coefficient (Wildman–Crippen LogP) is 3.36. The van der Waals surface area contributed by atoms with Crippen molar-refractivity contribution in [2.24, 2.45) is 5.92 Å². The van der Waals surface area contributed by atoms with Crippen molar-refractivity contribution < 1.29 is 0 Å². The van der Waals surface area contributed by atoms with Gasteiger partial charge in [-0.3, -0.25) is 0 Å². The molecule has 1 aromatic heterocycles. The minimum atomic E-state index is 0.394. The van der Waals surface area contributed by atoms with Gasteiger partial charge in [-0.05, 0) is 41.7 Å². The van der Waals surface area contributed by atoms with Gasteiger partial charge in [0.15, 0.2) is 0 Å². The van der Waals surface area contributed by atoms with E-state index in [2.05, 4.69) is 33.2 Å². The number of nitrogens with one attached hydrogen (secondary N) is 1. The van der Waals surface area contributed by atoms with Gasteiger partial charge in [-0.15, -0.1) is 11.3 Å². The molecule has 1 atom stereocenters. The molecule has 1 fully saturated rings. The lowest BCUT2D eigenvalue weighted by Gasteiger charge is -2.10. The molecule has 1 unspecified atom stereocenters. The molecule has 0 saturated heterocycles. The Kier molecular flexibility index (Phi) is 3.57. The average molecular weight is 275 g/mol. The van der Waals surface area contributed by atoms with Crippen molar-refractivity contribution >= 4 is 27.3 Å². The molecule has 14 heavy (non-hydrogen) atoms. The van der Waals surface area contributed by atoms with E-state index >= 15 is 0 Å². The fourth-order valence-electron chi connectivity index (χ4n) is 1.46. The third kappa shape index (κ3) is 3.04. The first kappa shape index (κ1) is 10.6. The molecule has 0 aromatic carbocycles. The first-order valence-corrected chi connectivity index (χ1v) is 6.71. The van der Waals surface area contributed by atoms with Crippen LogP contribution in [-0.2, 0) is 0 Å². The van der Waals surface area contributed by atoms with Gasteiger partial charge in [0.2, 0.25) is 0 Å². The number of hydrogen-bond donors (Lipinski definition) is 1. The molecule has 78 valence electrons. The fourth-order valence-corrected chi connectivity index (χ4v) is 2.74. The first-order chi connectivity index (χ1) is 6.75. The quantitative estimate of drug-likeness (QED) is 0.891. The van der Waals surface area contributed by atoms with Gasteiger partial charge in [0.1, 0.15) is 5.01 Å². The summed E-state index contributed by atoms with van der Waals surface area (Å²) in [5.41, 5.74) is 0. The van der Waals surface area contributed by atoms with Crippen molar-refractivity contribution in [2.75, 3.05) is 6.54 Å². The zero-order valence-electron chi connectivity index (χ0n) is 8.29. The van der Waals surface area contributed by atoms with Gasteiger partial charge in [0.05, 0.1) is 16.0 Å². The van der Waals surface area contributed by atoms with Crippen LogP contribution in [0.1, 0.15) is 37.2 Å². The minimum Gasteiger partial charge on any atom is -0.308 e. The summed E-state index contributed by atoms with van der Waals surface area (Å²) in [6.07, 6.45) is 6.09. The highest BCUT2D eigenvalue weighted by Crippen LogP contribution is 2.32. The van der Waals surface area contributed by atoms with Crippen LogP contribution in [0.4, 0.5) is 0 Å². The maximum absolute atomic E-state index is 4.34. The van der Waals surface area contributed by atoms with Crippen LogP contribution in [0.2, 0.25) is 0 Å². The lowest BCUT2D eigenvalue weighted by molar-refractivity contribution is 0.538. The molecule has 1 aromatic rings. The molecule has 1 aliphatic carbocycles. The monoisotopic (exact) mass is 274 g/mol. The Labute approximate surface area is 97.3 Å². The molecule has 1 N–H and O–H groups in total. The Morgan fingerprint density at radius 3 is 3.07 bits per heavy atom. The molecule has 0 bridgehead atoms. The van der Waals surface area contributed by atoms with Crippen molar-refractivity contribution in [3.63, 3.8) is 0 Å². The zero-order valence-corrected chi connectivity index (χ0v) is 10.7. The third-order valence-electron chi connectivity index (χ3n) is 2.57. The molecule has 2 nitrogen and oxygen atoms in total. The molecule has 1 saturated carbocycles. The molecule has 2 rings (SSSR count). The lowest BCUT2D eigenvalue weighted by Crippen LogP contribution is -2.19. The summed E-state index contributed by atoms with van der Waals surface area (Å²) in [5.74, 6) is 1.01. The zero-order chi connectivity index (χ0) is 9.97. The van der Waals surface area contributed by atoms with E-state index < -0.39 is 0 Å². The van der Waals surface area contributed by atoms with Crippen LogP contribution in [-0.4, -0.2) is 11.5 Å². The summed E-state index contributed by atoms with van der Waals surface area (Å²) in [7, 11) is 0. The Morgan fingerprint density at radius 1 is 1.71 bits per heavy atom. The van der Waals surface area contributed by atoms with Crippen LogP contribution >= 0.6 is 27.3 Å². The number of rotatable bonds is 5. The SMILES string of the molecule is CC(NCCC1CC1)c1ncc(Br)s1. The molecule has 0 aliphatic heterocycles. The molecule has 4 heteroatoms. The van der Waals surface area contributed by atoms with E-state index in [0.29, 0.717) is 6.04 Å². The number of halogens is 1. The lowest BCUT2D eigenvalue weighted by atomic mass is 10.2. The number of aromatic nitrogens is 1. The van der Waals surface area contributed by atoms with Gasteiger partial charge < -0.3 is 5.32 Å². The van der Waals surface area contributed by atoms with E-state index in [1.165, 1.54) is 24.3 Å². The van der Waals surface area contributed by atoms with Crippen molar-refractivity contribution in [2.45, 2.75) is 32.2 Å². The second-order valence-electron chi connectivity index (χ2n) is 3.91. The summed E-state index contributed by atoms with van der Waals surface area (Å²) >= 11 is 5.14. The summed E-state index contributed by atoms with van der Waals surface area (Å²) in [4.78, 5) is 4.34. The standard InChI is InChI=1S/C10H15BrN2S/c1-7(10-13-6-9(11)14-10)12-5-4-8-2-3-8/h6-8,12H,2-5H2,1H3. The summed E-state index contributed by atoms with van der Waals surface area (Å²) < 4.78 is 1.11. The van der Waals surface area contributed by atoms with E-state index in [0.717, 1.165) is 16.2 Å². The minimum absolute atomic E-state index is 0.394. The topological polar surface area (TPSA) is 24.9 Å². The Hall–Kier alpha value is 0.0700. The van der Waals surface area contributed by atoms with E-state index in [4.69, 9.17) is 0 Å². The predicted molar refractivity (Wildman–Crippen MR) is 63.6 cm³/mol. The molecular weight excluding hydrogens is 260 g/mol. The number of thiazole rings is 1. The Bertz CT molecular complexity index is 296. The van der Waals surface area contributed by atoms with Crippen LogP contribution in [0, 0.1) is 5.92 Å². The Morgan fingerprint density at radius 2 is 2.50 bits per heavy atom. The van der Waals surface area contributed by atoms with E-state index in [-0.39, 0.29) is 0 Å². The van der Waals surface area contributed by atoms with Crippen LogP contribution in [0.15, 0.2) is 9.98 Å². The van der Waals surface area contributed by atoms with Gasteiger partial charge in [-0.25, -0.2) is 4.98 Å². The Balaban J connectivity index is 1.73. The molecule has 1 heterocycles. The van der Waals surface area contributed by atoms with E-state index in [1.54, 1.807) is 11.3 Å². The summed E-state index contributed by atoms with van der Waals surface area (Å²) in [6.45, 7) is 3.31. The highest BCUT2D eigenvalue weighted by molar-refractivity contribution is 9.11. The first-order valence-electron chi connectivity index (χ1n) is 5.10. The maximum atomic E-state index is 4.34. The molecule has 0 amide bonds. The highest BCUT2D eigenvalue weighted by atomic mass is 79.9. The van der Waals surface area contributed by atoms with Gasteiger partial charge in [-0.2, -0.15) is 0 Å². The molecule has 0 spiro atoms. The largest absolute Gasteiger partial charge is 0.308 e. The van der Waals surface area contributed by atoms with Crippen molar-refractivity contribution in [1.29, 1.82) is 0 Å². The molecule has 0 radical (unpaired) electrons. The average Bonchev–Trinajstić information content (AvgIpc) is 2.87. The smallest absolute Gasteiger partial charge is 0.110 e. The van der Waals surface area contributed by atoms with Crippen LogP contribution in [0.5, 0.6) is 0 Å². The van der Waals surface area contributed by atoms with Crippen LogP contribution in [0.25, 0.3) is 0 Å². The van der Waals surface area contributed by atoms with Gasteiger partial charge in [-0.1, -0.05) is 12.8 Å². The summed E-state index contributed by atoms with van der Waals surface area (Å²) in [6, 6.07) is 0.394. The van der Waals surface area contributed by atoms with Gasteiger partial charge >= 0.3 is 0 Å².